The van der Waals surface area contributed by atoms with Crippen molar-refractivity contribution in [2.75, 3.05) is 26.4 Å². The molecule has 0 aliphatic heterocycles. The molecular formula is C23H30ClNO3. The molecule has 1 N–H and O–H groups in total. The van der Waals surface area contributed by atoms with Gasteiger partial charge in [-0.2, -0.15) is 0 Å². The van der Waals surface area contributed by atoms with Gasteiger partial charge < -0.3 is 19.5 Å². The van der Waals surface area contributed by atoms with Crippen molar-refractivity contribution in [3.63, 3.8) is 0 Å². The average Bonchev–Trinajstić information content (AvgIpc) is 2.74. The Morgan fingerprint density at radius 1 is 0.786 bits per heavy atom. The third-order valence-electron chi connectivity index (χ3n) is 4.92. The van der Waals surface area contributed by atoms with Crippen molar-refractivity contribution in [2.45, 2.75) is 44.8 Å². The number of nitrogens with one attached hydrogen (secondary N) is 1. The summed E-state index contributed by atoms with van der Waals surface area (Å²) in [6.07, 6.45) is 6.72. The highest BCUT2D eigenvalue weighted by atomic mass is 35.5. The van der Waals surface area contributed by atoms with E-state index in [1.54, 1.807) is 0 Å². The lowest BCUT2D eigenvalue weighted by Gasteiger charge is -2.22. The number of ether oxygens (including phenoxy) is 3. The molecule has 3 rings (SSSR count). The molecule has 0 saturated heterocycles. The van der Waals surface area contributed by atoms with Gasteiger partial charge >= 0.3 is 0 Å². The van der Waals surface area contributed by atoms with E-state index in [4.69, 9.17) is 25.8 Å². The van der Waals surface area contributed by atoms with Crippen molar-refractivity contribution in [1.82, 2.24) is 5.32 Å². The van der Waals surface area contributed by atoms with Crippen molar-refractivity contribution in [1.29, 1.82) is 0 Å². The predicted molar refractivity (Wildman–Crippen MR) is 113 cm³/mol. The van der Waals surface area contributed by atoms with Crippen molar-refractivity contribution in [2.24, 2.45) is 0 Å². The summed E-state index contributed by atoms with van der Waals surface area (Å²) in [6.45, 7) is 3.32. The van der Waals surface area contributed by atoms with E-state index >= 15 is 0 Å². The Balaban J connectivity index is 1.24. The molecule has 5 heteroatoms. The molecule has 28 heavy (non-hydrogen) atoms. The smallest absolute Gasteiger partial charge is 0.120 e. The lowest BCUT2D eigenvalue weighted by Crippen LogP contribution is -2.33. The van der Waals surface area contributed by atoms with Crippen LogP contribution in [0.2, 0.25) is 5.02 Å². The molecule has 0 unspecified atom stereocenters. The van der Waals surface area contributed by atoms with Gasteiger partial charge in [0.25, 0.3) is 0 Å². The highest BCUT2D eigenvalue weighted by Crippen LogP contribution is 2.19. The van der Waals surface area contributed by atoms with Crippen molar-refractivity contribution in [3.05, 3.63) is 59.1 Å². The van der Waals surface area contributed by atoms with Gasteiger partial charge in [-0.15, -0.1) is 0 Å². The summed E-state index contributed by atoms with van der Waals surface area (Å²) in [7, 11) is 0. The summed E-state index contributed by atoms with van der Waals surface area (Å²) in [4.78, 5) is 0. The second-order valence-corrected chi connectivity index (χ2v) is 7.57. The topological polar surface area (TPSA) is 39.7 Å². The first-order valence-corrected chi connectivity index (χ1v) is 10.6. The zero-order chi connectivity index (χ0) is 19.4. The molecule has 1 aliphatic carbocycles. The second-order valence-electron chi connectivity index (χ2n) is 7.14. The fourth-order valence-corrected chi connectivity index (χ4v) is 3.47. The SMILES string of the molecule is Clc1ccc(COc2ccc(OCCOCCNC3CCCCC3)cc2)cc1. The Labute approximate surface area is 173 Å². The van der Waals surface area contributed by atoms with Gasteiger partial charge in [0.15, 0.2) is 0 Å². The van der Waals surface area contributed by atoms with E-state index in [1.165, 1.54) is 32.1 Å². The molecule has 4 nitrogen and oxygen atoms in total. The van der Waals surface area contributed by atoms with Crippen LogP contribution >= 0.6 is 11.6 Å². The van der Waals surface area contributed by atoms with Gasteiger partial charge in [-0.3, -0.25) is 0 Å². The van der Waals surface area contributed by atoms with E-state index < -0.39 is 0 Å². The minimum atomic E-state index is 0.514. The van der Waals surface area contributed by atoms with Gasteiger partial charge in [-0.1, -0.05) is 43.0 Å². The molecule has 0 bridgehead atoms. The Bertz CT molecular complexity index is 669. The third kappa shape index (κ3) is 7.70. The van der Waals surface area contributed by atoms with Crippen LogP contribution in [0.3, 0.4) is 0 Å². The van der Waals surface area contributed by atoms with Crippen LogP contribution in [0.5, 0.6) is 11.5 Å². The maximum atomic E-state index is 5.89. The quantitative estimate of drug-likeness (QED) is 0.521. The highest BCUT2D eigenvalue weighted by molar-refractivity contribution is 6.30. The van der Waals surface area contributed by atoms with Crippen LogP contribution in [0.15, 0.2) is 48.5 Å². The molecule has 2 aromatic carbocycles. The van der Waals surface area contributed by atoms with Crippen molar-refractivity contribution in [3.8, 4) is 11.5 Å². The predicted octanol–water partition coefficient (Wildman–Crippen LogP) is 5.24. The zero-order valence-corrected chi connectivity index (χ0v) is 17.1. The first kappa shape index (κ1) is 21.0. The van der Waals surface area contributed by atoms with Crippen LogP contribution in [0, 0.1) is 0 Å². The minimum Gasteiger partial charge on any atom is -0.491 e. The summed E-state index contributed by atoms with van der Waals surface area (Å²) < 4.78 is 17.1. The van der Waals surface area contributed by atoms with Crippen molar-refractivity contribution >= 4 is 11.6 Å². The Hall–Kier alpha value is -1.75. The molecule has 0 heterocycles. The highest BCUT2D eigenvalue weighted by Gasteiger charge is 2.11. The van der Waals surface area contributed by atoms with Crippen LogP contribution in [-0.4, -0.2) is 32.4 Å². The normalized spacial score (nSPS) is 14.8. The zero-order valence-electron chi connectivity index (χ0n) is 16.4. The maximum absolute atomic E-state index is 5.89. The molecule has 0 radical (unpaired) electrons. The van der Waals surface area contributed by atoms with Crippen LogP contribution in [-0.2, 0) is 11.3 Å². The lowest BCUT2D eigenvalue weighted by atomic mass is 9.96. The van der Waals surface area contributed by atoms with Crippen LogP contribution < -0.4 is 14.8 Å². The van der Waals surface area contributed by atoms with E-state index in [9.17, 15) is 0 Å². The number of rotatable bonds is 11. The molecule has 1 fully saturated rings. The summed E-state index contributed by atoms with van der Waals surface area (Å²) in [6, 6.07) is 16.0. The molecule has 0 aromatic heterocycles. The van der Waals surface area contributed by atoms with Crippen molar-refractivity contribution < 1.29 is 14.2 Å². The fraction of sp³-hybridized carbons (Fsp3) is 0.478. The summed E-state index contributed by atoms with van der Waals surface area (Å²) in [5.74, 6) is 1.63. The largest absolute Gasteiger partial charge is 0.491 e. The molecule has 1 saturated carbocycles. The van der Waals surface area contributed by atoms with Gasteiger partial charge in [0.2, 0.25) is 0 Å². The van der Waals surface area contributed by atoms with Gasteiger partial charge in [0.1, 0.15) is 24.7 Å². The Kier molecular flexibility index (Phi) is 8.95. The first-order valence-electron chi connectivity index (χ1n) is 10.2. The standard InChI is InChI=1S/C23H30ClNO3/c24-20-8-6-19(7-9-20)18-28-23-12-10-22(11-13-23)27-17-16-26-15-14-25-21-4-2-1-3-5-21/h6-13,21,25H,1-5,14-18H2. The van der Waals surface area contributed by atoms with Crippen LogP contribution in [0.25, 0.3) is 0 Å². The molecule has 2 aromatic rings. The number of hydrogen-bond donors (Lipinski definition) is 1. The van der Waals surface area contributed by atoms with E-state index in [-0.39, 0.29) is 0 Å². The van der Waals surface area contributed by atoms with Gasteiger partial charge in [-0.25, -0.2) is 0 Å². The molecule has 0 spiro atoms. The number of halogens is 1. The Morgan fingerprint density at radius 3 is 2.18 bits per heavy atom. The second kappa shape index (κ2) is 11.9. The molecule has 0 atom stereocenters. The maximum Gasteiger partial charge on any atom is 0.120 e. The van der Waals surface area contributed by atoms with Gasteiger partial charge in [-0.05, 0) is 54.8 Å². The summed E-state index contributed by atoms with van der Waals surface area (Å²) in [5.41, 5.74) is 1.08. The van der Waals surface area contributed by atoms with E-state index in [0.29, 0.717) is 25.9 Å². The fourth-order valence-electron chi connectivity index (χ4n) is 3.34. The third-order valence-corrected chi connectivity index (χ3v) is 5.18. The van der Waals surface area contributed by atoms with Crippen LogP contribution in [0.4, 0.5) is 0 Å². The monoisotopic (exact) mass is 403 g/mol. The van der Waals surface area contributed by atoms with E-state index in [1.807, 2.05) is 48.5 Å². The van der Waals surface area contributed by atoms with Crippen LogP contribution in [0.1, 0.15) is 37.7 Å². The molecular weight excluding hydrogens is 374 g/mol. The molecule has 1 aliphatic rings. The summed E-state index contributed by atoms with van der Waals surface area (Å²) >= 11 is 5.89. The van der Waals surface area contributed by atoms with Gasteiger partial charge in [0.05, 0.1) is 13.2 Å². The Morgan fingerprint density at radius 2 is 1.46 bits per heavy atom. The average molecular weight is 404 g/mol. The lowest BCUT2D eigenvalue weighted by molar-refractivity contribution is 0.0993. The van der Waals surface area contributed by atoms with E-state index in [0.717, 1.165) is 35.2 Å². The van der Waals surface area contributed by atoms with E-state index in [2.05, 4.69) is 5.32 Å². The number of benzene rings is 2. The minimum absolute atomic E-state index is 0.514. The molecule has 152 valence electrons. The first-order chi connectivity index (χ1) is 13.8. The number of hydrogen-bond acceptors (Lipinski definition) is 4. The van der Waals surface area contributed by atoms with Gasteiger partial charge in [0, 0.05) is 17.6 Å². The summed E-state index contributed by atoms with van der Waals surface area (Å²) in [5, 5.41) is 4.31. The molecule has 0 amide bonds.